The van der Waals surface area contributed by atoms with E-state index in [-0.39, 0.29) is 12.5 Å². The number of rotatable bonds is 4. The van der Waals surface area contributed by atoms with Gasteiger partial charge in [0.15, 0.2) is 0 Å². The van der Waals surface area contributed by atoms with E-state index in [9.17, 15) is 14.0 Å². The van der Waals surface area contributed by atoms with Crippen LogP contribution in [-0.4, -0.2) is 18.4 Å². The van der Waals surface area contributed by atoms with Gasteiger partial charge in [0.2, 0.25) is 5.91 Å². The maximum Gasteiger partial charge on any atom is 0.251 e. The van der Waals surface area contributed by atoms with Gasteiger partial charge in [-0.2, -0.15) is 0 Å². The molecule has 4 nitrogen and oxygen atoms in total. The Hall–Kier alpha value is -2.21. The molecule has 0 fully saturated rings. The van der Waals surface area contributed by atoms with E-state index in [2.05, 4.69) is 26.6 Å². The average molecular weight is 365 g/mol. The van der Waals surface area contributed by atoms with E-state index in [1.165, 1.54) is 24.3 Å². The molecule has 0 heterocycles. The molecule has 0 radical (unpaired) electrons. The molecule has 0 aliphatic heterocycles. The van der Waals surface area contributed by atoms with Crippen molar-refractivity contribution in [1.29, 1.82) is 0 Å². The maximum atomic E-state index is 12.8. The zero-order chi connectivity index (χ0) is 16.1. The third kappa shape index (κ3) is 4.39. The molecule has 0 bridgehead atoms. The summed E-state index contributed by atoms with van der Waals surface area (Å²) in [6, 6.07) is 10.6. The van der Waals surface area contributed by atoms with Gasteiger partial charge in [0.25, 0.3) is 5.91 Å². The molecular formula is C16H14BrFN2O2. The molecule has 2 aromatic carbocycles. The fraction of sp³-hybridized carbons (Fsp3) is 0.125. The van der Waals surface area contributed by atoms with Gasteiger partial charge in [-0.05, 0) is 64.8 Å². The van der Waals surface area contributed by atoms with Gasteiger partial charge in [0.1, 0.15) is 5.82 Å². The first-order chi connectivity index (χ1) is 10.5. The highest BCUT2D eigenvalue weighted by Crippen LogP contribution is 2.23. The minimum atomic E-state index is -0.432. The summed E-state index contributed by atoms with van der Waals surface area (Å²) >= 11 is 3.36. The largest absolute Gasteiger partial charge is 0.343 e. The number of carbonyl (C=O) groups is 2. The Bertz CT molecular complexity index is 702. The lowest BCUT2D eigenvalue weighted by atomic mass is 10.2. The molecule has 2 amide bonds. The molecule has 2 N–H and O–H groups in total. The summed E-state index contributed by atoms with van der Waals surface area (Å²) in [5, 5.41) is 5.17. The van der Waals surface area contributed by atoms with E-state index < -0.39 is 11.7 Å². The number of anilines is 1. The normalized spacial score (nSPS) is 10.1. The van der Waals surface area contributed by atoms with Crippen LogP contribution in [0.3, 0.4) is 0 Å². The van der Waals surface area contributed by atoms with Gasteiger partial charge in [-0.3, -0.25) is 9.59 Å². The highest BCUT2D eigenvalue weighted by molar-refractivity contribution is 9.10. The Labute approximate surface area is 135 Å². The number of aryl methyl sites for hydroxylation is 1. The summed E-state index contributed by atoms with van der Waals surface area (Å²) in [5.41, 5.74) is 1.99. The van der Waals surface area contributed by atoms with Crippen LogP contribution in [0, 0.1) is 12.7 Å². The van der Waals surface area contributed by atoms with Crippen LogP contribution in [0.2, 0.25) is 0 Å². The van der Waals surface area contributed by atoms with Gasteiger partial charge in [-0.25, -0.2) is 4.39 Å². The Morgan fingerprint density at radius 2 is 1.82 bits per heavy atom. The van der Waals surface area contributed by atoms with Gasteiger partial charge in [0, 0.05) is 10.0 Å². The second kappa shape index (κ2) is 7.17. The van der Waals surface area contributed by atoms with Crippen molar-refractivity contribution in [2.24, 2.45) is 0 Å². The van der Waals surface area contributed by atoms with Crippen LogP contribution in [0.5, 0.6) is 0 Å². The molecule has 0 aliphatic rings. The molecule has 0 aliphatic carbocycles. The van der Waals surface area contributed by atoms with Gasteiger partial charge in [-0.15, -0.1) is 0 Å². The molecule has 0 spiro atoms. The average Bonchev–Trinajstić information content (AvgIpc) is 2.48. The highest BCUT2D eigenvalue weighted by Gasteiger charge is 2.09. The van der Waals surface area contributed by atoms with Crippen LogP contribution >= 0.6 is 15.9 Å². The molecule has 0 saturated heterocycles. The number of benzene rings is 2. The van der Waals surface area contributed by atoms with Crippen LogP contribution in [-0.2, 0) is 4.79 Å². The van der Waals surface area contributed by atoms with E-state index in [4.69, 9.17) is 0 Å². The number of carbonyl (C=O) groups excluding carboxylic acids is 2. The van der Waals surface area contributed by atoms with Crippen LogP contribution < -0.4 is 10.6 Å². The van der Waals surface area contributed by atoms with Gasteiger partial charge >= 0.3 is 0 Å². The van der Waals surface area contributed by atoms with Crippen LogP contribution in [0.15, 0.2) is 46.9 Å². The maximum absolute atomic E-state index is 12.8. The SMILES string of the molecule is Cc1ccc(NC(=O)CNC(=O)c2ccc(F)cc2)c(Br)c1. The number of halogens is 2. The molecule has 6 heteroatoms. The summed E-state index contributed by atoms with van der Waals surface area (Å²) in [4.78, 5) is 23.6. The van der Waals surface area contributed by atoms with Crippen molar-refractivity contribution in [3.05, 3.63) is 63.9 Å². The predicted molar refractivity (Wildman–Crippen MR) is 86.2 cm³/mol. The van der Waals surface area contributed by atoms with Crippen LogP contribution in [0.4, 0.5) is 10.1 Å². The van der Waals surface area contributed by atoms with Crippen LogP contribution in [0.1, 0.15) is 15.9 Å². The second-order valence-corrected chi connectivity index (χ2v) is 5.58. The number of nitrogens with one attached hydrogen (secondary N) is 2. The number of amides is 2. The van der Waals surface area contributed by atoms with Gasteiger partial charge < -0.3 is 10.6 Å². The van der Waals surface area contributed by atoms with Crippen LogP contribution in [0.25, 0.3) is 0 Å². The standard InChI is InChI=1S/C16H14BrFN2O2/c1-10-2-7-14(13(17)8-10)20-15(21)9-19-16(22)11-3-5-12(18)6-4-11/h2-8H,9H2,1H3,(H,19,22)(H,20,21). The molecule has 114 valence electrons. The molecule has 0 aromatic heterocycles. The van der Waals surface area contributed by atoms with E-state index in [0.717, 1.165) is 10.0 Å². The third-order valence-corrected chi connectivity index (χ3v) is 3.57. The zero-order valence-electron chi connectivity index (χ0n) is 11.8. The predicted octanol–water partition coefficient (Wildman–Crippen LogP) is 3.27. The van der Waals surface area contributed by atoms with E-state index in [1.54, 1.807) is 6.07 Å². The topological polar surface area (TPSA) is 58.2 Å². The Morgan fingerprint density at radius 1 is 1.14 bits per heavy atom. The monoisotopic (exact) mass is 364 g/mol. The van der Waals surface area contributed by atoms with Gasteiger partial charge in [0.05, 0.1) is 12.2 Å². The molecule has 2 aromatic rings. The first kappa shape index (κ1) is 16.2. The lowest BCUT2D eigenvalue weighted by Crippen LogP contribution is -2.32. The highest BCUT2D eigenvalue weighted by atomic mass is 79.9. The quantitative estimate of drug-likeness (QED) is 0.874. The number of hydrogen-bond donors (Lipinski definition) is 2. The van der Waals surface area contributed by atoms with Crippen molar-refractivity contribution in [3.63, 3.8) is 0 Å². The zero-order valence-corrected chi connectivity index (χ0v) is 13.4. The Morgan fingerprint density at radius 3 is 2.45 bits per heavy atom. The van der Waals surface area contributed by atoms with E-state index in [1.807, 2.05) is 19.1 Å². The first-order valence-electron chi connectivity index (χ1n) is 6.55. The smallest absolute Gasteiger partial charge is 0.251 e. The lowest BCUT2D eigenvalue weighted by molar-refractivity contribution is -0.115. The first-order valence-corrected chi connectivity index (χ1v) is 7.35. The second-order valence-electron chi connectivity index (χ2n) is 4.72. The summed E-state index contributed by atoms with van der Waals surface area (Å²) < 4.78 is 13.5. The Kier molecular flexibility index (Phi) is 5.27. The molecule has 0 unspecified atom stereocenters. The van der Waals surface area contributed by atoms with Crippen molar-refractivity contribution in [1.82, 2.24) is 5.32 Å². The fourth-order valence-electron chi connectivity index (χ4n) is 1.78. The lowest BCUT2D eigenvalue weighted by Gasteiger charge is -2.09. The molecule has 22 heavy (non-hydrogen) atoms. The molecule has 2 rings (SSSR count). The summed E-state index contributed by atoms with van der Waals surface area (Å²) in [5.74, 6) is -1.20. The van der Waals surface area contributed by atoms with Crippen molar-refractivity contribution in [2.45, 2.75) is 6.92 Å². The molecular weight excluding hydrogens is 351 g/mol. The fourth-order valence-corrected chi connectivity index (χ4v) is 2.37. The molecule has 0 atom stereocenters. The number of hydrogen-bond acceptors (Lipinski definition) is 2. The van der Waals surface area contributed by atoms with Gasteiger partial charge in [-0.1, -0.05) is 6.07 Å². The van der Waals surface area contributed by atoms with E-state index >= 15 is 0 Å². The third-order valence-electron chi connectivity index (χ3n) is 2.91. The van der Waals surface area contributed by atoms with Crippen molar-refractivity contribution in [3.8, 4) is 0 Å². The molecule has 0 saturated carbocycles. The van der Waals surface area contributed by atoms with E-state index in [0.29, 0.717) is 11.3 Å². The summed E-state index contributed by atoms with van der Waals surface area (Å²) in [6.07, 6.45) is 0. The minimum Gasteiger partial charge on any atom is -0.343 e. The van der Waals surface area contributed by atoms with Crippen molar-refractivity contribution < 1.29 is 14.0 Å². The van der Waals surface area contributed by atoms with Crippen molar-refractivity contribution >= 4 is 33.4 Å². The summed E-state index contributed by atoms with van der Waals surface area (Å²) in [7, 11) is 0. The minimum absolute atomic E-state index is 0.170. The Balaban J connectivity index is 1.89. The summed E-state index contributed by atoms with van der Waals surface area (Å²) in [6.45, 7) is 1.77. The van der Waals surface area contributed by atoms with Crippen molar-refractivity contribution in [2.75, 3.05) is 11.9 Å².